The van der Waals surface area contributed by atoms with Crippen molar-refractivity contribution >= 4 is 22.4 Å². The Balaban J connectivity index is 2.03. The van der Waals surface area contributed by atoms with Crippen LogP contribution in [0.15, 0.2) is 16.8 Å². The van der Waals surface area contributed by atoms with Gasteiger partial charge in [0.2, 0.25) is 5.52 Å². The van der Waals surface area contributed by atoms with E-state index >= 15 is 0 Å². The highest BCUT2D eigenvalue weighted by Crippen LogP contribution is 2.37. The van der Waals surface area contributed by atoms with Crippen LogP contribution in [0.3, 0.4) is 0 Å². The lowest BCUT2D eigenvalue weighted by Gasteiger charge is -2.41. The first-order valence-corrected chi connectivity index (χ1v) is 5.94. The smallest absolute Gasteiger partial charge is 0.300 e. The Hall–Kier alpha value is -2.22. The maximum absolute atomic E-state index is 10.9. The van der Waals surface area contributed by atoms with Crippen LogP contribution in [-0.4, -0.2) is 32.5 Å². The molecule has 100 valence electrons. The number of aliphatic hydroxyl groups is 1. The van der Waals surface area contributed by atoms with Crippen molar-refractivity contribution < 1.29 is 14.7 Å². The molecule has 0 bridgehead atoms. The first-order valence-electron chi connectivity index (χ1n) is 5.94. The molecule has 0 atom stereocenters. The van der Waals surface area contributed by atoms with Crippen molar-refractivity contribution in [3.63, 3.8) is 0 Å². The second kappa shape index (κ2) is 4.16. The van der Waals surface area contributed by atoms with Crippen LogP contribution in [0.4, 0.5) is 11.4 Å². The number of nitrogens with zero attached hydrogens (tertiary/aromatic N) is 3. The van der Waals surface area contributed by atoms with Gasteiger partial charge < -0.3 is 10.4 Å². The molecular formula is C11H12N4O4. The Morgan fingerprint density at radius 2 is 2.16 bits per heavy atom. The van der Waals surface area contributed by atoms with E-state index in [4.69, 9.17) is 0 Å². The van der Waals surface area contributed by atoms with Crippen LogP contribution in [-0.2, 0) is 0 Å². The molecule has 2 N–H and O–H groups in total. The fourth-order valence-corrected chi connectivity index (χ4v) is 2.31. The Morgan fingerprint density at radius 1 is 1.42 bits per heavy atom. The van der Waals surface area contributed by atoms with Gasteiger partial charge in [-0.2, -0.15) is 0 Å². The molecule has 0 radical (unpaired) electrons. The van der Waals surface area contributed by atoms with E-state index in [0.717, 1.165) is 19.3 Å². The molecule has 1 heterocycles. The number of non-ortho nitro benzene ring substituents is 1. The summed E-state index contributed by atoms with van der Waals surface area (Å²) in [5.41, 5.74) is 0.516. The van der Waals surface area contributed by atoms with Gasteiger partial charge in [0, 0.05) is 6.07 Å². The van der Waals surface area contributed by atoms with E-state index < -0.39 is 4.92 Å². The van der Waals surface area contributed by atoms with E-state index in [2.05, 4.69) is 20.3 Å². The van der Waals surface area contributed by atoms with E-state index in [-0.39, 0.29) is 23.3 Å². The molecule has 1 aliphatic rings. The van der Waals surface area contributed by atoms with Crippen molar-refractivity contribution in [2.75, 3.05) is 11.9 Å². The average molecular weight is 264 g/mol. The number of nitro groups is 1. The van der Waals surface area contributed by atoms with Gasteiger partial charge >= 0.3 is 5.69 Å². The number of aromatic nitrogens is 2. The minimum absolute atomic E-state index is 0.0107. The lowest BCUT2D eigenvalue weighted by molar-refractivity contribution is -0.383. The number of hydrogen-bond acceptors (Lipinski definition) is 7. The number of benzene rings is 1. The molecule has 2 aromatic rings. The third kappa shape index (κ3) is 1.80. The highest BCUT2D eigenvalue weighted by Gasteiger charge is 2.37. The van der Waals surface area contributed by atoms with Gasteiger partial charge in [-0.3, -0.25) is 10.1 Å². The molecule has 1 fully saturated rings. The summed E-state index contributed by atoms with van der Waals surface area (Å²) >= 11 is 0. The topological polar surface area (TPSA) is 114 Å². The molecule has 8 heteroatoms. The Bertz CT molecular complexity index is 629. The number of nitro benzene ring substituents is 1. The number of hydrogen-bond donors (Lipinski definition) is 2. The summed E-state index contributed by atoms with van der Waals surface area (Å²) in [6.07, 6.45) is 2.75. The van der Waals surface area contributed by atoms with Crippen molar-refractivity contribution in [1.29, 1.82) is 0 Å². The fraction of sp³-hybridized carbons (Fsp3) is 0.455. The molecule has 0 amide bonds. The van der Waals surface area contributed by atoms with Gasteiger partial charge in [-0.15, -0.1) is 0 Å². The molecule has 0 spiro atoms. The summed E-state index contributed by atoms with van der Waals surface area (Å²) < 4.78 is 4.59. The zero-order chi connectivity index (χ0) is 13.5. The van der Waals surface area contributed by atoms with Crippen LogP contribution < -0.4 is 5.32 Å². The highest BCUT2D eigenvalue weighted by molar-refractivity contribution is 5.93. The lowest BCUT2D eigenvalue weighted by atomic mass is 9.77. The summed E-state index contributed by atoms with van der Waals surface area (Å²) in [4.78, 5) is 10.3. The number of rotatable bonds is 4. The number of nitrogens with one attached hydrogen (secondary N) is 1. The maximum atomic E-state index is 10.9. The minimum Gasteiger partial charge on any atom is -0.394 e. The summed E-state index contributed by atoms with van der Waals surface area (Å²) in [6, 6.07) is 2.93. The van der Waals surface area contributed by atoms with Crippen LogP contribution in [0.1, 0.15) is 19.3 Å². The molecule has 3 rings (SSSR count). The maximum Gasteiger partial charge on any atom is 0.300 e. The quantitative estimate of drug-likeness (QED) is 0.634. The first kappa shape index (κ1) is 11.8. The molecule has 0 saturated heterocycles. The zero-order valence-corrected chi connectivity index (χ0v) is 10.00. The minimum atomic E-state index is -0.526. The Morgan fingerprint density at radius 3 is 2.74 bits per heavy atom. The molecule has 19 heavy (non-hydrogen) atoms. The second-order valence-corrected chi connectivity index (χ2v) is 4.77. The summed E-state index contributed by atoms with van der Waals surface area (Å²) in [5.74, 6) is 0. The summed E-state index contributed by atoms with van der Waals surface area (Å²) in [6.45, 7) is 0.0107. The van der Waals surface area contributed by atoms with Crippen LogP contribution in [0.5, 0.6) is 0 Å². The second-order valence-electron chi connectivity index (χ2n) is 4.77. The van der Waals surface area contributed by atoms with Crippen molar-refractivity contribution in [3.05, 3.63) is 22.2 Å². The molecule has 0 unspecified atom stereocenters. The van der Waals surface area contributed by atoms with E-state index in [1.165, 1.54) is 6.07 Å². The van der Waals surface area contributed by atoms with Crippen molar-refractivity contribution in [3.8, 4) is 0 Å². The van der Waals surface area contributed by atoms with Crippen LogP contribution in [0, 0.1) is 10.1 Å². The van der Waals surface area contributed by atoms with Crippen LogP contribution in [0.2, 0.25) is 0 Å². The monoisotopic (exact) mass is 264 g/mol. The van der Waals surface area contributed by atoms with Gasteiger partial charge in [-0.25, -0.2) is 4.63 Å². The SMILES string of the molecule is O=[N+]([O-])c1ccc(NC2(CO)CCC2)c2nonc12. The largest absolute Gasteiger partial charge is 0.394 e. The van der Waals surface area contributed by atoms with Gasteiger partial charge in [-0.1, -0.05) is 0 Å². The predicted octanol–water partition coefficient (Wildman–Crippen LogP) is 1.46. The standard InChI is InChI=1S/C11H12N4O4/c16-6-11(4-1-5-11)12-7-2-3-8(15(17)18)10-9(7)13-19-14-10/h2-3,12,16H,1,4-6H2. The summed E-state index contributed by atoms with van der Waals surface area (Å²) in [7, 11) is 0. The van der Waals surface area contributed by atoms with Crippen molar-refractivity contribution in [1.82, 2.24) is 10.3 Å². The van der Waals surface area contributed by atoms with E-state index in [9.17, 15) is 15.2 Å². The highest BCUT2D eigenvalue weighted by atomic mass is 16.6. The third-order valence-corrected chi connectivity index (χ3v) is 3.60. The van der Waals surface area contributed by atoms with Crippen molar-refractivity contribution in [2.24, 2.45) is 0 Å². The van der Waals surface area contributed by atoms with Gasteiger partial charge in [0.25, 0.3) is 0 Å². The lowest BCUT2D eigenvalue weighted by Crippen LogP contribution is -2.48. The first-order chi connectivity index (χ1) is 9.15. The van der Waals surface area contributed by atoms with Gasteiger partial charge in [0.05, 0.1) is 22.8 Å². The van der Waals surface area contributed by atoms with Crippen LogP contribution >= 0.6 is 0 Å². The molecule has 0 aliphatic heterocycles. The molecule has 1 aliphatic carbocycles. The van der Waals surface area contributed by atoms with E-state index in [1.807, 2.05) is 0 Å². The van der Waals surface area contributed by atoms with E-state index in [0.29, 0.717) is 11.2 Å². The predicted molar refractivity (Wildman–Crippen MR) is 65.7 cm³/mol. The molecule has 8 nitrogen and oxygen atoms in total. The fourth-order valence-electron chi connectivity index (χ4n) is 2.31. The summed E-state index contributed by atoms with van der Waals surface area (Å²) in [5, 5.41) is 30.8. The van der Waals surface area contributed by atoms with Gasteiger partial charge in [0.15, 0.2) is 5.52 Å². The molecule has 1 aromatic heterocycles. The molecule has 1 aromatic carbocycles. The number of aliphatic hydroxyl groups excluding tert-OH is 1. The molecule has 1 saturated carbocycles. The zero-order valence-electron chi connectivity index (χ0n) is 10.00. The average Bonchev–Trinajstić information content (AvgIpc) is 2.82. The Kier molecular flexibility index (Phi) is 2.59. The third-order valence-electron chi connectivity index (χ3n) is 3.60. The van der Waals surface area contributed by atoms with Crippen LogP contribution in [0.25, 0.3) is 11.0 Å². The number of fused-ring (bicyclic) bond motifs is 1. The van der Waals surface area contributed by atoms with Gasteiger partial charge in [0.1, 0.15) is 0 Å². The molecular weight excluding hydrogens is 252 g/mol. The number of anilines is 1. The van der Waals surface area contributed by atoms with Crippen molar-refractivity contribution in [2.45, 2.75) is 24.8 Å². The Labute approximate surface area is 107 Å². The van der Waals surface area contributed by atoms with E-state index in [1.54, 1.807) is 6.07 Å². The van der Waals surface area contributed by atoms with Gasteiger partial charge in [-0.05, 0) is 35.6 Å². The normalized spacial score (nSPS) is 17.1.